The van der Waals surface area contributed by atoms with Crippen LogP contribution in [0.3, 0.4) is 0 Å². The molecule has 0 saturated carbocycles. The van der Waals surface area contributed by atoms with Crippen LogP contribution in [-0.4, -0.2) is 85.0 Å². The lowest BCUT2D eigenvalue weighted by Crippen LogP contribution is -2.38. The highest BCUT2D eigenvalue weighted by molar-refractivity contribution is 8.54. The Morgan fingerprint density at radius 2 is 1.32 bits per heavy atom. The van der Waals surface area contributed by atoms with Crippen LogP contribution >= 0.6 is 26.0 Å². The van der Waals surface area contributed by atoms with Crippen molar-refractivity contribution in [2.24, 2.45) is 0 Å². The monoisotopic (exact) mass is 858 g/mol. The minimum absolute atomic E-state index is 0.0477. The van der Waals surface area contributed by atoms with Crippen molar-refractivity contribution in [3.8, 4) is 11.5 Å². The molecule has 0 amide bonds. The van der Waals surface area contributed by atoms with Crippen molar-refractivity contribution in [3.05, 3.63) is 126 Å². The Labute approximate surface area is 321 Å². The maximum Gasteiger partial charge on any atom is 0.472 e. The predicted molar refractivity (Wildman–Crippen MR) is 190 cm³/mol. The lowest BCUT2D eigenvalue weighted by atomic mass is 10.1. The van der Waals surface area contributed by atoms with E-state index < -0.39 is 106 Å². The first-order valence-electron chi connectivity index (χ1n) is 16.6. The van der Waals surface area contributed by atoms with Crippen molar-refractivity contribution in [2.45, 2.75) is 55.0 Å². The summed E-state index contributed by atoms with van der Waals surface area (Å²) in [6.45, 7) is -6.78. The number of phosphoric ester groups is 1. The molecule has 0 spiro atoms. The molecule has 0 aliphatic carbocycles. The van der Waals surface area contributed by atoms with Gasteiger partial charge in [-0.25, -0.2) is 32.3 Å². The van der Waals surface area contributed by atoms with Gasteiger partial charge in [-0.05, 0) is 53.3 Å². The second-order valence-corrected chi connectivity index (χ2v) is 18.0. The van der Waals surface area contributed by atoms with Gasteiger partial charge in [0.15, 0.2) is 24.8 Å². The molecule has 25 heteroatoms. The summed E-state index contributed by atoms with van der Waals surface area (Å²) in [5.41, 5.74) is -3.24. The number of nitrogens with one attached hydrogen (secondary N) is 2. The van der Waals surface area contributed by atoms with E-state index in [1.54, 1.807) is 0 Å². The number of carbonyl (C=O) groups excluding carboxylic acids is 1. The minimum Gasteiger partial charge on any atom is -0.508 e. The lowest BCUT2D eigenvalue weighted by Gasteiger charge is -2.27. The molecule has 3 saturated heterocycles. The van der Waals surface area contributed by atoms with Crippen LogP contribution in [-0.2, 0) is 42.5 Å². The number of phenolic OH excluding ortho intramolecular Hbond substituents is 1. The van der Waals surface area contributed by atoms with Gasteiger partial charge in [0.2, 0.25) is 0 Å². The van der Waals surface area contributed by atoms with Gasteiger partial charge in [-0.15, -0.1) is 0 Å². The topological polar surface area (TPSA) is 266 Å². The number of benzene rings is 2. The van der Waals surface area contributed by atoms with Gasteiger partial charge in [0.1, 0.15) is 35.9 Å². The number of hydrogen-bond acceptors (Lipinski definition) is 16. The Bertz CT molecular complexity index is 2470. The number of rotatable bonds is 7. The summed E-state index contributed by atoms with van der Waals surface area (Å²) >= 11 is 0.495. The zero-order valence-corrected chi connectivity index (χ0v) is 31.3. The number of aromatic nitrogens is 4. The second kappa shape index (κ2) is 16.4. The highest BCUT2D eigenvalue weighted by Gasteiger charge is 2.55. The van der Waals surface area contributed by atoms with Gasteiger partial charge in [0.25, 0.3) is 11.1 Å². The number of phosphoric acid groups is 1. The number of H-pyrrole nitrogens is 2. The molecule has 4 bridgehead atoms. The number of fused-ring (bicyclic) bond motifs is 4. The molecule has 304 valence electrons. The largest absolute Gasteiger partial charge is 0.508 e. The van der Waals surface area contributed by atoms with Gasteiger partial charge in [-0.3, -0.25) is 46.8 Å². The molecular weight excluding hydrogens is 828 g/mol. The number of nitrogens with zero attached hydrogens (tertiary/aromatic N) is 2. The summed E-state index contributed by atoms with van der Waals surface area (Å²) in [6.07, 6.45) is -14.2. The van der Waals surface area contributed by atoms with Crippen molar-refractivity contribution < 1.29 is 65.0 Å². The van der Waals surface area contributed by atoms with E-state index in [9.17, 15) is 43.1 Å². The van der Waals surface area contributed by atoms with E-state index in [0.29, 0.717) is 26.1 Å². The van der Waals surface area contributed by atoms with Crippen LogP contribution in [0, 0.1) is 0 Å². The van der Waals surface area contributed by atoms with E-state index in [1.165, 1.54) is 48.5 Å². The van der Waals surface area contributed by atoms with Crippen molar-refractivity contribution in [1.82, 2.24) is 19.1 Å². The number of carbonyl (C=O) groups is 1. The van der Waals surface area contributed by atoms with E-state index in [1.807, 2.05) is 9.97 Å². The molecule has 10 atom stereocenters. The molecule has 7 rings (SSSR count). The number of halogens is 2. The molecule has 2 aromatic carbocycles. The number of aromatic hydroxyl groups is 1. The van der Waals surface area contributed by atoms with Gasteiger partial charge in [0.05, 0.1) is 18.8 Å². The van der Waals surface area contributed by atoms with Crippen LogP contribution in [0.5, 0.6) is 11.5 Å². The Hall–Kier alpha value is -4.54. The van der Waals surface area contributed by atoms with E-state index in [-0.39, 0.29) is 22.8 Å². The molecule has 3 fully saturated rings. The van der Waals surface area contributed by atoms with Crippen molar-refractivity contribution >= 4 is 32.0 Å². The molecule has 20 nitrogen and oxygen atoms in total. The predicted octanol–water partition coefficient (Wildman–Crippen LogP) is 2.44. The van der Waals surface area contributed by atoms with E-state index in [2.05, 4.69) is 0 Å². The van der Waals surface area contributed by atoms with Crippen molar-refractivity contribution in [1.29, 1.82) is 0 Å². The van der Waals surface area contributed by atoms with Gasteiger partial charge < -0.3 is 24.2 Å². The molecular formula is C32H30F2N4O16P2S. The molecule has 4 aromatic rings. The summed E-state index contributed by atoms with van der Waals surface area (Å²) < 4.78 is 99.7. The Morgan fingerprint density at radius 3 is 1.86 bits per heavy atom. The maximum atomic E-state index is 16.3. The first-order valence-corrected chi connectivity index (χ1v) is 21.3. The second-order valence-electron chi connectivity index (χ2n) is 12.6. The Balaban J connectivity index is 1.18. The molecule has 3 aliphatic rings. The first kappa shape index (κ1) is 40.6. The van der Waals surface area contributed by atoms with Crippen LogP contribution in [0.25, 0.3) is 0 Å². The van der Waals surface area contributed by atoms with Crippen LogP contribution in [0.4, 0.5) is 8.78 Å². The van der Waals surface area contributed by atoms with Crippen molar-refractivity contribution in [2.75, 3.05) is 13.2 Å². The fourth-order valence-corrected chi connectivity index (χ4v) is 10.2. The molecule has 3 aliphatic heterocycles. The third-order valence-corrected chi connectivity index (χ3v) is 13.4. The average molecular weight is 859 g/mol. The number of phenols is 1. The number of ether oxygens (including phenoxy) is 3. The highest BCUT2D eigenvalue weighted by Crippen LogP contribution is 2.65. The quantitative estimate of drug-likeness (QED) is 0.118. The molecule has 4 N–H and O–H groups in total. The van der Waals surface area contributed by atoms with Crippen LogP contribution in [0.1, 0.15) is 28.4 Å². The summed E-state index contributed by atoms with van der Waals surface area (Å²) in [4.78, 5) is 75.9. The van der Waals surface area contributed by atoms with Gasteiger partial charge in [0, 0.05) is 30.3 Å². The average Bonchev–Trinajstić information content (AvgIpc) is 3.63. The SMILES string of the molecule is O=C(Oc1ccc(CSP2(=O)OC[C@H]3O[C@@H](n4ccc(=O)[nH]c4=O)[C@H](OP(=O)(O)OC[C@H]4O[C@@H](n5ccc(=O)[nH]c5=O)[C@H](O2)[C@@H]4F)[C@@H]3F)cc1)c1ccc(O)cc1. The fourth-order valence-electron chi connectivity index (χ4n) is 5.92. The summed E-state index contributed by atoms with van der Waals surface area (Å²) in [5, 5.41) is 9.46. The third-order valence-electron chi connectivity index (χ3n) is 8.71. The van der Waals surface area contributed by atoms with Crippen molar-refractivity contribution in [3.63, 3.8) is 0 Å². The summed E-state index contributed by atoms with van der Waals surface area (Å²) in [5.74, 6) is -0.834. The zero-order valence-electron chi connectivity index (χ0n) is 28.7. The molecule has 5 heterocycles. The molecule has 57 heavy (non-hydrogen) atoms. The van der Waals surface area contributed by atoms with E-state index >= 15 is 8.78 Å². The first-order chi connectivity index (χ1) is 27.1. The minimum atomic E-state index is -5.34. The summed E-state index contributed by atoms with van der Waals surface area (Å²) in [6, 6.07) is 13.0. The lowest BCUT2D eigenvalue weighted by molar-refractivity contribution is -0.0667. The normalized spacial score (nSPS) is 31.7. The number of alkyl halides is 2. The fraction of sp³-hybridized carbons (Fsp3) is 0.344. The van der Waals surface area contributed by atoms with Gasteiger partial charge in [-0.2, -0.15) is 0 Å². The third kappa shape index (κ3) is 9.12. The Morgan fingerprint density at radius 1 is 0.789 bits per heavy atom. The number of hydrogen-bond donors (Lipinski definition) is 4. The maximum absolute atomic E-state index is 16.3. The highest BCUT2D eigenvalue weighted by atomic mass is 32.7. The van der Waals surface area contributed by atoms with Crippen LogP contribution in [0.15, 0.2) is 92.2 Å². The number of aromatic amines is 2. The van der Waals surface area contributed by atoms with Crippen LogP contribution in [0.2, 0.25) is 0 Å². The number of esters is 1. The summed E-state index contributed by atoms with van der Waals surface area (Å²) in [7, 11) is -5.34. The van der Waals surface area contributed by atoms with E-state index in [4.69, 9.17) is 32.3 Å². The van der Waals surface area contributed by atoms with Crippen LogP contribution < -0.4 is 27.2 Å². The van der Waals surface area contributed by atoms with Gasteiger partial charge in [-0.1, -0.05) is 12.1 Å². The molecule has 0 radical (unpaired) electrons. The molecule has 2 unspecified atom stereocenters. The van der Waals surface area contributed by atoms with Gasteiger partial charge >= 0.3 is 32.0 Å². The molecule has 2 aromatic heterocycles. The standard InChI is InChI=1S/C32H30F2N4O16P2S/c33-24-21-14-49-56(47,57-15-16-1-7-19(8-2-16)50-30(42)17-3-5-18(39)6-4-17)54-27-25(34)20(51-29(27)38-12-10-23(41)36-32(38)44)13-48-55(45,46)53-26(24)28(52-21)37-11-9-22(40)35-31(37)43/h1-12,20-21,24-29,39H,13-15H2,(H,45,46)(H,35,40,43)(H,36,41,44)/t20-,21-,24-,25-,26-,27-,28-,29-,56?/m1/s1. The smallest absolute Gasteiger partial charge is 0.472 e. The Kier molecular flexibility index (Phi) is 11.7. The van der Waals surface area contributed by atoms with E-state index in [0.717, 1.165) is 24.5 Å². The zero-order chi connectivity index (χ0) is 40.6.